The third-order valence-electron chi connectivity index (χ3n) is 2.25. The van der Waals surface area contributed by atoms with E-state index in [1.807, 2.05) is 0 Å². The van der Waals surface area contributed by atoms with Gasteiger partial charge >= 0.3 is 23.9 Å². The molecule has 212 valence electrons. The number of carbonyl (C=O) groups is 4. The van der Waals surface area contributed by atoms with Crippen LogP contribution in [0.2, 0.25) is 0 Å². The molecule has 33 heavy (non-hydrogen) atoms. The van der Waals surface area contributed by atoms with Crippen molar-refractivity contribution >= 4 is 23.9 Å². The number of hydrogen-bond acceptors (Lipinski definition) is 9. The first-order valence-electron chi connectivity index (χ1n) is 6.63. The second-order valence-electron chi connectivity index (χ2n) is 4.26. The first-order chi connectivity index (χ1) is 10.8. The topological polar surface area (TPSA) is 135 Å². The number of rotatable bonds is 11. The summed E-state index contributed by atoms with van der Waals surface area (Å²) in [4.78, 5) is 44.1. The molecule has 0 spiro atoms. The number of ether oxygens (including phenoxy) is 5. The van der Waals surface area contributed by atoms with Gasteiger partial charge in [-0.1, -0.05) is 74.3 Å². The second kappa shape index (κ2) is 40.2. The first kappa shape index (κ1) is 69.8. The lowest BCUT2D eigenvalue weighted by molar-refractivity contribution is -0.170. The molecule has 0 aromatic rings. The smallest absolute Gasteiger partial charge is 0.347 e. The lowest BCUT2D eigenvalue weighted by Gasteiger charge is -2.12. The van der Waals surface area contributed by atoms with Gasteiger partial charge in [-0.25, -0.2) is 19.2 Å². The van der Waals surface area contributed by atoms with Crippen LogP contribution in [0.4, 0.5) is 0 Å². The third kappa shape index (κ3) is 37.4. The standard InChI is InChI=1S/C13H20O10.10CH4/c1-8(12(16)17)22-11(15)7-20-4-5-21-13(18)9(2)23-10(14)6-19-3;;;;;;;;;;/h8-9H,4-7H2,1-3H3,(H,16,17);10*1H4. The predicted molar refractivity (Wildman–Crippen MR) is 140 cm³/mol. The molecule has 0 bridgehead atoms. The summed E-state index contributed by atoms with van der Waals surface area (Å²) in [5.41, 5.74) is 0. The van der Waals surface area contributed by atoms with Crippen molar-refractivity contribution in [2.75, 3.05) is 33.5 Å². The van der Waals surface area contributed by atoms with E-state index in [4.69, 9.17) is 19.3 Å². The molecule has 0 aromatic heterocycles. The Morgan fingerprint density at radius 3 is 1.45 bits per heavy atom. The van der Waals surface area contributed by atoms with Crippen molar-refractivity contribution in [1.82, 2.24) is 0 Å². The Hall–Kier alpha value is -2.20. The number of carboxylic acid groups (broad SMARTS) is 1. The molecular weight excluding hydrogens is 436 g/mol. The summed E-state index contributed by atoms with van der Waals surface area (Å²) >= 11 is 0. The van der Waals surface area contributed by atoms with Crippen molar-refractivity contribution in [1.29, 1.82) is 0 Å². The van der Waals surface area contributed by atoms with Crippen molar-refractivity contribution in [3.05, 3.63) is 0 Å². The second-order valence-corrected chi connectivity index (χ2v) is 4.26. The lowest BCUT2D eigenvalue weighted by atomic mass is 10.4. The van der Waals surface area contributed by atoms with Gasteiger partial charge in [0, 0.05) is 7.11 Å². The van der Waals surface area contributed by atoms with Crippen molar-refractivity contribution in [2.24, 2.45) is 0 Å². The van der Waals surface area contributed by atoms with Crippen LogP contribution in [0.15, 0.2) is 0 Å². The summed E-state index contributed by atoms with van der Waals surface area (Å²) in [6.45, 7) is 1.49. The van der Waals surface area contributed by atoms with Gasteiger partial charge in [0.1, 0.15) is 19.8 Å². The number of carboxylic acids is 1. The van der Waals surface area contributed by atoms with E-state index in [-0.39, 0.29) is 94.1 Å². The fraction of sp³-hybridized carbons (Fsp3) is 0.826. The Balaban J connectivity index is -0.0000000538. The maximum absolute atomic E-state index is 11.4. The average molecular weight is 497 g/mol. The van der Waals surface area contributed by atoms with Crippen LogP contribution in [-0.2, 0) is 42.9 Å². The molecule has 0 aromatic carbocycles. The minimum atomic E-state index is -1.27. The molecule has 0 saturated carbocycles. The van der Waals surface area contributed by atoms with E-state index in [9.17, 15) is 19.2 Å². The van der Waals surface area contributed by atoms with Crippen molar-refractivity contribution in [3.63, 3.8) is 0 Å². The van der Waals surface area contributed by atoms with Crippen LogP contribution >= 0.6 is 0 Å². The monoisotopic (exact) mass is 496 g/mol. The minimum Gasteiger partial charge on any atom is -0.479 e. The van der Waals surface area contributed by atoms with E-state index >= 15 is 0 Å². The highest BCUT2D eigenvalue weighted by Crippen LogP contribution is 1.97. The summed E-state index contributed by atoms with van der Waals surface area (Å²) in [5, 5.41) is 8.53. The maximum atomic E-state index is 11.4. The molecule has 10 nitrogen and oxygen atoms in total. The van der Waals surface area contributed by atoms with Crippen LogP contribution in [-0.4, -0.2) is 74.7 Å². The Morgan fingerprint density at radius 2 is 1.06 bits per heavy atom. The molecule has 0 rings (SSSR count). The molecule has 0 fully saturated rings. The largest absolute Gasteiger partial charge is 0.479 e. The minimum absolute atomic E-state index is 0. The highest BCUT2D eigenvalue weighted by Gasteiger charge is 2.19. The van der Waals surface area contributed by atoms with Crippen LogP contribution in [0.1, 0.15) is 88.1 Å². The van der Waals surface area contributed by atoms with Crippen molar-refractivity contribution in [2.45, 2.75) is 100 Å². The highest BCUT2D eigenvalue weighted by atomic mass is 16.6. The number of aliphatic carboxylic acids is 1. The van der Waals surface area contributed by atoms with E-state index in [0.29, 0.717) is 0 Å². The molecule has 2 unspecified atom stereocenters. The van der Waals surface area contributed by atoms with E-state index in [1.165, 1.54) is 21.0 Å². The van der Waals surface area contributed by atoms with Gasteiger partial charge in [-0.05, 0) is 13.8 Å². The number of hydrogen-bond donors (Lipinski definition) is 1. The zero-order valence-corrected chi connectivity index (χ0v) is 13.1. The summed E-state index contributed by atoms with van der Waals surface area (Å²) in [6.07, 6.45) is -2.37. The molecule has 1 N–H and O–H groups in total. The summed E-state index contributed by atoms with van der Waals surface area (Å²) < 4.78 is 23.4. The van der Waals surface area contributed by atoms with Crippen LogP contribution in [0.5, 0.6) is 0 Å². The van der Waals surface area contributed by atoms with E-state index in [2.05, 4.69) is 9.47 Å². The number of esters is 3. The molecular formula is C23H60O10. The fourth-order valence-electron chi connectivity index (χ4n) is 1.15. The maximum Gasteiger partial charge on any atom is 0.347 e. The van der Waals surface area contributed by atoms with Crippen molar-refractivity contribution in [3.8, 4) is 0 Å². The normalized spacial score (nSPS) is 8.94. The molecule has 0 heterocycles. The number of methoxy groups -OCH3 is 1. The Bertz CT molecular complexity index is 425. The van der Waals surface area contributed by atoms with Crippen LogP contribution in [0.3, 0.4) is 0 Å². The van der Waals surface area contributed by atoms with Gasteiger partial charge in [-0.3, -0.25) is 0 Å². The molecule has 10 heteroatoms. The Kier molecular flexibility index (Phi) is 85.0. The lowest BCUT2D eigenvalue weighted by Crippen LogP contribution is -2.29. The first-order valence-corrected chi connectivity index (χ1v) is 6.63. The quantitative estimate of drug-likeness (QED) is 0.222. The molecule has 0 amide bonds. The van der Waals surface area contributed by atoms with E-state index < -0.39 is 42.7 Å². The third-order valence-corrected chi connectivity index (χ3v) is 2.25. The van der Waals surface area contributed by atoms with Crippen LogP contribution in [0.25, 0.3) is 0 Å². The van der Waals surface area contributed by atoms with Gasteiger partial charge in [0.25, 0.3) is 0 Å². The van der Waals surface area contributed by atoms with Crippen molar-refractivity contribution < 1.29 is 48.0 Å². The van der Waals surface area contributed by atoms with Gasteiger partial charge in [-0.15, -0.1) is 0 Å². The van der Waals surface area contributed by atoms with Gasteiger partial charge in [0.15, 0.2) is 12.2 Å². The average Bonchev–Trinajstić information content (AvgIpc) is 2.46. The summed E-state index contributed by atoms with van der Waals surface area (Å²) in [7, 11) is 1.31. The molecule has 0 aliphatic carbocycles. The fourth-order valence-corrected chi connectivity index (χ4v) is 1.15. The molecule has 0 radical (unpaired) electrons. The molecule has 0 aliphatic rings. The van der Waals surface area contributed by atoms with Gasteiger partial charge in [-0.2, -0.15) is 0 Å². The Morgan fingerprint density at radius 1 is 0.667 bits per heavy atom. The zero-order valence-electron chi connectivity index (χ0n) is 13.1. The van der Waals surface area contributed by atoms with Crippen LogP contribution < -0.4 is 0 Å². The summed E-state index contributed by atoms with van der Waals surface area (Å²) in [6, 6.07) is 0. The highest BCUT2D eigenvalue weighted by molar-refractivity contribution is 5.79. The predicted octanol–water partition coefficient (Wildman–Crippen LogP) is 5.50. The van der Waals surface area contributed by atoms with E-state index in [0.717, 1.165) is 0 Å². The Labute approximate surface area is 206 Å². The number of carbonyl (C=O) groups excluding carboxylic acids is 3. The van der Waals surface area contributed by atoms with Gasteiger partial charge in [0.05, 0.1) is 6.61 Å². The van der Waals surface area contributed by atoms with Gasteiger partial charge < -0.3 is 28.8 Å². The SMILES string of the molecule is C.C.C.C.C.C.C.C.C.C.COCC(=O)OC(C)C(=O)OCCOCC(=O)OC(C)C(=O)O. The zero-order chi connectivity index (χ0) is 17.8. The molecule has 0 aliphatic heterocycles. The van der Waals surface area contributed by atoms with E-state index in [1.54, 1.807) is 0 Å². The molecule has 0 saturated heterocycles. The van der Waals surface area contributed by atoms with Gasteiger partial charge in [0.2, 0.25) is 0 Å². The molecule has 2 atom stereocenters. The summed E-state index contributed by atoms with van der Waals surface area (Å²) in [5.74, 6) is -3.61. The van der Waals surface area contributed by atoms with Crippen LogP contribution in [0, 0.1) is 0 Å².